The molecule has 2 aliphatic heterocycles. The first-order valence-electron chi connectivity index (χ1n) is 12.9. The van der Waals surface area contributed by atoms with E-state index in [9.17, 15) is 9.59 Å². The summed E-state index contributed by atoms with van der Waals surface area (Å²) < 4.78 is 16.8. The van der Waals surface area contributed by atoms with Crippen molar-refractivity contribution in [3.63, 3.8) is 0 Å². The van der Waals surface area contributed by atoms with Crippen LogP contribution >= 0.6 is 0 Å². The molecule has 0 radical (unpaired) electrons. The average molecular weight is 532 g/mol. The molecule has 2 aromatic carbocycles. The monoisotopic (exact) mass is 531 g/mol. The van der Waals surface area contributed by atoms with Gasteiger partial charge in [-0.3, -0.25) is 9.59 Å². The van der Waals surface area contributed by atoms with Gasteiger partial charge in [0, 0.05) is 49.3 Å². The molecule has 0 spiro atoms. The number of amides is 1. The molecule has 0 bridgehead atoms. The maximum atomic E-state index is 12.5. The van der Waals surface area contributed by atoms with Crippen LogP contribution in [0.4, 0.5) is 5.69 Å². The van der Waals surface area contributed by atoms with E-state index in [0.29, 0.717) is 12.8 Å². The number of ether oxygens (including phenoxy) is 3. The molecule has 2 saturated heterocycles. The zero-order valence-electron chi connectivity index (χ0n) is 22.4. The van der Waals surface area contributed by atoms with Crippen LogP contribution in [0.1, 0.15) is 56.3 Å². The molecule has 1 atom stereocenters. The Morgan fingerprint density at radius 1 is 1.03 bits per heavy atom. The average Bonchev–Trinajstić information content (AvgIpc) is 2.91. The van der Waals surface area contributed by atoms with Gasteiger partial charge >= 0.3 is 5.97 Å². The Labute approximate surface area is 228 Å². The number of aliphatic hydroxyl groups excluding tert-OH is 2. The molecule has 0 aromatic heterocycles. The van der Waals surface area contributed by atoms with E-state index >= 15 is 0 Å². The summed E-state index contributed by atoms with van der Waals surface area (Å²) in [4.78, 5) is 25.9. The minimum absolute atomic E-state index is 0.0416. The Balaban J connectivity index is 1.44. The fraction of sp³-hybridized carbons (Fsp3) is 0.419. The first-order valence-corrected chi connectivity index (χ1v) is 12.9. The second kappa shape index (κ2) is 12.0. The standard InChI is InChI=1S/C31H33NO7/c1-22(35)39-31(20-37-30(2,3)38-21-31)16-15-24-7-11-26(12-8-24)28-17-29(36)32(28)27-13-9-23(10-14-27)5-4-6-25(18-33)19-34/h7-14,25,28,33-34H,6,17-21H2,1-3H3. The van der Waals surface area contributed by atoms with E-state index in [2.05, 4.69) is 23.7 Å². The van der Waals surface area contributed by atoms with Gasteiger partial charge in [-0.25, -0.2) is 0 Å². The van der Waals surface area contributed by atoms with Gasteiger partial charge < -0.3 is 29.3 Å². The quantitative estimate of drug-likeness (QED) is 0.336. The van der Waals surface area contributed by atoms with Crippen molar-refractivity contribution in [1.29, 1.82) is 0 Å². The van der Waals surface area contributed by atoms with Crippen molar-refractivity contribution in [1.82, 2.24) is 0 Å². The number of anilines is 1. The summed E-state index contributed by atoms with van der Waals surface area (Å²) in [5, 5.41) is 18.3. The highest BCUT2D eigenvalue weighted by Gasteiger charge is 2.42. The number of hydrogen-bond acceptors (Lipinski definition) is 7. The number of carbonyl (C=O) groups excluding carboxylic acids is 2. The molecule has 204 valence electrons. The van der Waals surface area contributed by atoms with Gasteiger partial charge in [-0.15, -0.1) is 0 Å². The lowest BCUT2D eigenvalue weighted by atomic mass is 9.92. The molecule has 2 heterocycles. The predicted octanol–water partition coefficient (Wildman–Crippen LogP) is 2.94. The molecular formula is C31H33NO7. The predicted molar refractivity (Wildman–Crippen MR) is 144 cm³/mol. The van der Waals surface area contributed by atoms with Crippen molar-refractivity contribution in [3.8, 4) is 23.7 Å². The van der Waals surface area contributed by atoms with Crippen LogP contribution in [-0.2, 0) is 23.8 Å². The molecule has 8 nitrogen and oxygen atoms in total. The summed E-state index contributed by atoms with van der Waals surface area (Å²) in [7, 11) is 0. The molecule has 1 amide bonds. The van der Waals surface area contributed by atoms with Gasteiger partial charge in [-0.1, -0.05) is 29.9 Å². The van der Waals surface area contributed by atoms with E-state index in [0.717, 1.165) is 22.4 Å². The number of nitrogens with zero attached hydrogens (tertiary/aromatic N) is 1. The molecule has 8 heteroatoms. The maximum Gasteiger partial charge on any atom is 0.304 e. The zero-order valence-corrected chi connectivity index (χ0v) is 22.4. The molecule has 0 aliphatic carbocycles. The van der Waals surface area contributed by atoms with Gasteiger partial charge in [0.05, 0.1) is 12.5 Å². The number of aliphatic hydroxyl groups is 2. The number of β-lactam (4-membered cyclic amide) rings is 1. The van der Waals surface area contributed by atoms with Gasteiger partial charge in [0.15, 0.2) is 5.79 Å². The number of rotatable bonds is 6. The Morgan fingerprint density at radius 3 is 2.18 bits per heavy atom. The number of carbonyl (C=O) groups is 2. The smallest absolute Gasteiger partial charge is 0.304 e. The van der Waals surface area contributed by atoms with Crippen molar-refractivity contribution in [2.75, 3.05) is 31.3 Å². The molecule has 0 saturated carbocycles. The first kappa shape index (κ1) is 28.4. The molecule has 2 aliphatic rings. The van der Waals surface area contributed by atoms with Gasteiger partial charge in [-0.05, 0) is 61.7 Å². The van der Waals surface area contributed by atoms with E-state index in [4.69, 9.17) is 24.4 Å². The summed E-state index contributed by atoms with van der Waals surface area (Å²) in [6.45, 7) is 4.93. The van der Waals surface area contributed by atoms with Crippen LogP contribution in [0.25, 0.3) is 0 Å². The zero-order chi connectivity index (χ0) is 28.0. The second-order valence-corrected chi connectivity index (χ2v) is 10.2. The molecule has 2 fully saturated rings. The summed E-state index contributed by atoms with van der Waals surface area (Å²) in [6, 6.07) is 15.0. The highest BCUT2D eigenvalue weighted by Crippen LogP contribution is 2.39. The molecule has 1 unspecified atom stereocenters. The van der Waals surface area contributed by atoms with E-state index in [1.54, 1.807) is 18.7 Å². The van der Waals surface area contributed by atoms with Gasteiger partial charge in [-0.2, -0.15) is 0 Å². The minimum atomic E-state index is -1.17. The summed E-state index contributed by atoms with van der Waals surface area (Å²) in [5.74, 6) is 10.7. The number of hydrogen-bond donors (Lipinski definition) is 2. The third kappa shape index (κ3) is 7.06. The molecule has 4 rings (SSSR count). The normalized spacial score (nSPS) is 19.3. The van der Waals surface area contributed by atoms with E-state index in [1.807, 2.05) is 48.5 Å². The van der Waals surface area contributed by atoms with Crippen LogP contribution in [0.15, 0.2) is 48.5 Å². The summed E-state index contributed by atoms with van der Waals surface area (Å²) in [6.07, 6.45) is 0.822. The fourth-order valence-corrected chi connectivity index (χ4v) is 4.27. The van der Waals surface area contributed by atoms with Crippen LogP contribution in [0.3, 0.4) is 0 Å². The highest BCUT2D eigenvalue weighted by atomic mass is 16.7. The Bertz CT molecular complexity index is 1300. The van der Waals surface area contributed by atoms with Gasteiger partial charge in [0.1, 0.15) is 13.2 Å². The third-order valence-corrected chi connectivity index (χ3v) is 6.61. The number of esters is 1. The van der Waals surface area contributed by atoms with Crippen molar-refractivity contribution < 1.29 is 34.0 Å². The maximum absolute atomic E-state index is 12.5. The lowest BCUT2D eigenvalue weighted by Crippen LogP contribution is -2.52. The second-order valence-electron chi connectivity index (χ2n) is 10.2. The lowest BCUT2D eigenvalue weighted by Gasteiger charge is -2.40. The van der Waals surface area contributed by atoms with Crippen molar-refractivity contribution in [2.24, 2.45) is 5.92 Å². The van der Waals surface area contributed by atoms with Crippen LogP contribution < -0.4 is 4.90 Å². The Morgan fingerprint density at radius 2 is 1.62 bits per heavy atom. The summed E-state index contributed by atoms with van der Waals surface area (Å²) in [5.41, 5.74) is 2.14. The van der Waals surface area contributed by atoms with E-state index in [-0.39, 0.29) is 44.3 Å². The van der Waals surface area contributed by atoms with Crippen LogP contribution in [0, 0.1) is 29.6 Å². The van der Waals surface area contributed by atoms with Crippen molar-refractivity contribution in [3.05, 3.63) is 65.2 Å². The molecule has 2 aromatic rings. The molecular weight excluding hydrogens is 498 g/mol. The molecule has 2 N–H and O–H groups in total. The fourth-order valence-electron chi connectivity index (χ4n) is 4.27. The first-order chi connectivity index (χ1) is 18.6. The largest absolute Gasteiger partial charge is 0.441 e. The van der Waals surface area contributed by atoms with Gasteiger partial charge in [0.2, 0.25) is 11.5 Å². The van der Waals surface area contributed by atoms with Crippen LogP contribution in [-0.4, -0.2) is 59.9 Å². The van der Waals surface area contributed by atoms with Crippen molar-refractivity contribution in [2.45, 2.75) is 51.0 Å². The SMILES string of the molecule is CC(=O)OC1(C#Cc2ccc(C3CC(=O)N3c3ccc(C#CCC(CO)CO)cc3)cc2)COC(C)(C)OC1. The van der Waals surface area contributed by atoms with E-state index in [1.165, 1.54) is 6.92 Å². The van der Waals surface area contributed by atoms with Crippen LogP contribution in [0.2, 0.25) is 0 Å². The molecule has 39 heavy (non-hydrogen) atoms. The number of benzene rings is 2. The minimum Gasteiger partial charge on any atom is -0.441 e. The Kier molecular flexibility index (Phi) is 8.74. The summed E-state index contributed by atoms with van der Waals surface area (Å²) >= 11 is 0. The van der Waals surface area contributed by atoms with Crippen molar-refractivity contribution >= 4 is 17.6 Å². The highest BCUT2D eigenvalue weighted by molar-refractivity contribution is 6.01. The topological polar surface area (TPSA) is 106 Å². The van der Waals surface area contributed by atoms with Crippen LogP contribution in [0.5, 0.6) is 0 Å². The van der Waals surface area contributed by atoms with E-state index < -0.39 is 17.4 Å². The Hall–Kier alpha value is -3.66. The lowest BCUT2D eigenvalue weighted by molar-refractivity contribution is -0.291. The van der Waals surface area contributed by atoms with Gasteiger partial charge in [0.25, 0.3) is 0 Å². The third-order valence-electron chi connectivity index (χ3n) is 6.61.